The molecule has 0 bridgehead atoms. The number of hydrogen-bond acceptors (Lipinski definition) is 5. The molecule has 21 heavy (non-hydrogen) atoms. The Morgan fingerprint density at radius 3 is 2.57 bits per heavy atom. The van der Waals surface area contributed by atoms with Crippen LogP contribution < -0.4 is 5.32 Å². The van der Waals surface area contributed by atoms with Crippen molar-refractivity contribution in [3.63, 3.8) is 0 Å². The fourth-order valence-corrected chi connectivity index (χ4v) is 3.84. The van der Waals surface area contributed by atoms with Crippen LogP contribution in [0.1, 0.15) is 35.8 Å². The third-order valence-electron chi connectivity index (χ3n) is 3.97. The van der Waals surface area contributed by atoms with Gasteiger partial charge in [0, 0.05) is 37.1 Å². The number of thiazole rings is 1. The van der Waals surface area contributed by atoms with E-state index >= 15 is 0 Å². The number of nitrogens with zero attached hydrogens (tertiary/aromatic N) is 2. The molecular weight excluding hydrogens is 282 g/mol. The smallest absolute Gasteiger partial charge is 0.0900 e. The first-order valence-electron chi connectivity index (χ1n) is 8.01. The van der Waals surface area contributed by atoms with Gasteiger partial charge in [-0.1, -0.05) is 13.8 Å². The predicted octanol–water partition coefficient (Wildman–Crippen LogP) is 2.60. The molecule has 5 heteroatoms. The fourth-order valence-electron chi connectivity index (χ4n) is 2.94. The number of aromatic nitrogens is 1. The molecule has 1 fully saturated rings. The molecule has 0 amide bonds. The van der Waals surface area contributed by atoms with Crippen LogP contribution in [0.25, 0.3) is 0 Å². The molecule has 120 valence electrons. The summed E-state index contributed by atoms with van der Waals surface area (Å²) < 4.78 is 5.48. The molecule has 0 spiro atoms. The van der Waals surface area contributed by atoms with Crippen LogP contribution in [-0.4, -0.2) is 48.8 Å². The van der Waals surface area contributed by atoms with E-state index in [1.165, 1.54) is 17.0 Å². The van der Waals surface area contributed by atoms with Crippen molar-refractivity contribution in [3.8, 4) is 0 Å². The number of nitrogens with one attached hydrogen (secondary N) is 1. The second-order valence-corrected chi connectivity index (χ2v) is 7.59. The molecule has 0 aromatic carbocycles. The van der Waals surface area contributed by atoms with Crippen LogP contribution in [-0.2, 0) is 11.3 Å². The van der Waals surface area contributed by atoms with Crippen LogP contribution in [0, 0.1) is 19.8 Å². The highest BCUT2D eigenvalue weighted by Gasteiger charge is 2.21. The lowest BCUT2D eigenvalue weighted by Gasteiger charge is -2.35. The van der Waals surface area contributed by atoms with Crippen molar-refractivity contribution >= 4 is 11.3 Å². The van der Waals surface area contributed by atoms with E-state index < -0.39 is 0 Å². The van der Waals surface area contributed by atoms with Crippen molar-refractivity contribution in [2.75, 3.05) is 32.8 Å². The van der Waals surface area contributed by atoms with Crippen molar-refractivity contribution in [2.45, 2.75) is 46.7 Å². The van der Waals surface area contributed by atoms with Gasteiger partial charge in [0.2, 0.25) is 0 Å². The summed E-state index contributed by atoms with van der Waals surface area (Å²) in [5.41, 5.74) is 1.18. The van der Waals surface area contributed by atoms with Crippen molar-refractivity contribution in [3.05, 3.63) is 15.6 Å². The molecule has 0 saturated carbocycles. The minimum atomic E-state index is 0.614. The zero-order valence-electron chi connectivity index (χ0n) is 13.8. The zero-order valence-corrected chi connectivity index (χ0v) is 14.6. The topological polar surface area (TPSA) is 37.4 Å². The molecule has 1 N–H and O–H groups in total. The Hall–Kier alpha value is -0.490. The van der Waals surface area contributed by atoms with Gasteiger partial charge in [-0.3, -0.25) is 4.90 Å². The number of aryl methyl sites for hydroxylation is 2. The average Bonchev–Trinajstić information content (AvgIpc) is 2.76. The molecule has 1 atom stereocenters. The molecule has 0 radical (unpaired) electrons. The summed E-state index contributed by atoms with van der Waals surface area (Å²) >= 11 is 1.81. The normalized spacial score (nSPS) is 18.3. The summed E-state index contributed by atoms with van der Waals surface area (Å²) in [7, 11) is 0. The molecule has 4 nitrogen and oxygen atoms in total. The van der Waals surface area contributed by atoms with Gasteiger partial charge in [-0.2, -0.15) is 0 Å². The van der Waals surface area contributed by atoms with Gasteiger partial charge in [0.15, 0.2) is 0 Å². The Kier molecular flexibility index (Phi) is 6.61. The molecule has 1 aromatic rings. The van der Waals surface area contributed by atoms with Gasteiger partial charge in [0.1, 0.15) is 0 Å². The van der Waals surface area contributed by atoms with Crippen LogP contribution in [0.4, 0.5) is 0 Å². The number of hydrogen-bond donors (Lipinski definition) is 1. The molecular formula is C16H29N3OS. The first-order chi connectivity index (χ1) is 10.1. The van der Waals surface area contributed by atoms with E-state index in [1.54, 1.807) is 0 Å². The highest BCUT2D eigenvalue weighted by molar-refractivity contribution is 7.11. The third-order valence-corrected chi connectivity index (χ3v) is 5.04. The largest absolute Gasteiger partial charge is 0.379 e. The van der Waals surface area contributed by atoms with Gasteiger partial charge < -0.3 is 10.1 Å². The SMILES string of the molecule is Cc1nc(C)c(CNCC(CC(C)C)N2CCOCC2)s1. The summed E-state index contributed by atoms with van der Waals surface area (Å²) in [6, 6.07) is 0.614. The molecule has 1 saturated heterocycles. The quantitative estimate of drug-likeness (QED) is 0.840. The Morgan fingerprint density at radius 2 is 2.00 bits per heavy atom. The average molecular weight is 311 g/mol. The summed E-state index contributed by atoms with van der Waals surface area (Å²) in [6.07, 6.45) is 1.24. The van der Waals surface area contributed by atoms with E-state index in [4.69, 9.17) is 4.74 Å². The first kappa shape index (κ1) is 16.9. The number of ether oxygens (including phenoxy) is 1. The monoisotopic (exact) mass is 311 g/mol. The molecule has 1 aromatic heterocycles. The molecule has 1 aliphatic heterocycles. The summed E-state index contributed by atoms with van der Waals surface area (Å²) in [5.74, 6) is 0.729. The lowest BCUT2D eigenvalue weighted by Crippen LogP contribution is -2.48. The fraction of sp³-hybridized carbons (Fsp3) is 0.812. The molecule has 2 heterocycles. The Morgan fingerprint density at radius 1 is 1.29 bits per heavy atom. The minimum Gasteiger partial charge on any atom is -0.379 e. The Labute approximate surface area is 132 Å². The zero-order chi connectivity index (χ0) is 15.2. The van der Waals surface area contributed by atoms with E-state index in [0.29, 0.717) is 6.04 Å². The number of rotatable bonds is 7. The lowest BCUT2D eigenvalue weighted by atomic mass is 10.0. The van der Waals surface area contributed by atoms with Crippen LogP contribution in [0.5, 0.6) is 0 Å². The maximum atomic E-state index is 5.48. The van der Waals surface area contributed by atoms with Crippen LogP contribution in [0.2, 0.25) is 0 Å². The third kappa shape index (κ3) is 5.33. The van der Waals surface area contributed by atoms with E-state index in [0.717, 1.165) is 50.3 Å². The van der Waals surface area contributed by atoms with Gasteiger partial charge in [0.05, 0.1) is 23.9 Å². The number of morpholine rings is 1. The van der Waals surface area contributed by atoms with Crippen molar-refractivity contribution in [1.29, 1.82) is 0 Å². The van der Waals surface area contributed by atoms with Gasteiger partial charge in [0.25, 0.3) is 0 Å². The van der Waals surface area contributed by atoms with Crippen LogP contribution in [0.15, 0.2) is 0 Å². The summed E-state index contributed by atoms with van der Waals surface area (Å²) in [5, 5.41) is 4.81. The van der Waals surface area contributed by atoms with Crippen molar-refractivity contribution in [1.82, 2.24) is 15.2 Å². The van der Waals surface area contributed by atoms with E-state index in [1.807, 2.05) is 11.3 Å². The lowest BCUT2D eigenvalue weighted by molar-refractivity contribution is 0.0123. The molecule has 0 aliphatic carbocycles. The van der Waals surface area contributed by atoms with Crippen LogP contribution >= 0.6 is 11.3 Å². The molecule has 2 rings (SSSR count). The van der Waals surface area contributed by atoms with Gasteiger partial charge in [-0.25, -0.2) is 4.98 Å². The highest BCUT2D eigenvalue weighted by atomic mass is 32.1. The van der Waals surface area contributed by atoms with E-state index in [9.17, 15) is 0 Å². The minimum absolute atomic E-state index is 0.614. The van der Waals surface area contributed by atoms with E-state index in [2.05, 4.69) is 42.9 Å². The summed E-state index contributed by atoms with van der Waals surface area (Å²) in [6.45, 7) is 14.7. The first-order valence-corrected chi connectivity index (χ1v) is 8.83. The Balaban J connectivity index is 1.84. The van der Waals surface area contributed by atoms with Gasteiger partial charge in [-0.15, -0.1) is 11.3 Å². The van der Waals surface area contributed by atoms with Crippen LogP contribution in [0.3, 0.4) is 0 Å². The Bertz CT molecular complexity index is 427. The predicted molar refractivity (Wildman–Crippen MR) is 88.9 cm³/mol. The van der Waals surface area contributed by atoms with Gasteiger partial charge >= 0.3 is 0 Å². The standard InChI is InChI=1S/C16H29N3OS/c1-12(2)9-15(19-5-7-20-8-6-19)10-17-11-16-13(3)18-14(4)21-16/h12,15,17H,5-11H2,1-4H3. The highest BCUT2D eigenvalue weighted by Crippen LogP contribution is 2.17. The summed E-state index contributed by atoms with van der Waals surface area (Å²) in [4.78, 5) is 8.46. The molecule has 1 unspecified atom stereocenters. The molecule has 1 aliphatic rings. The van der Waals surface area contributed by atoms with Crippen molar-refractivity contribution < 1.29 is 4.74 Å². The van der Waals surface area contributed by atoms with Gasteiger partial charge in [-0.05, 0) is 26.2 Å². The maximum absolute atomic E-state index is 5.48. The maximum Gasteiger partial charge on any atom is 0.0900 e. The second kappa shape index (κ2) is 8.22. The van der Waals surface area contributed by atoms with Crippen molar-refractivity contribution in [2.24, 2.45) is 5.92 Å². The van der Waals surface area contributed by atoms with E-state index in [-0.39, 0.29) is 0 Å². The second-order valence-electron chi connectivity index (χ2n) is 6.30.